The highest BCUT2D eigenvalue weighted by Gasteiger charge is 2.22. The van der Waals surface area contributed by atoms with Crippen LogP contribution in [-0.2, 0) is 5.41 Å². The van der Waals surface area contributed by atoms with E-state index < -0.39 is 0 Å². The van der Waals surface area contributed by atoms with Crippen LogP contribution in [0.25, 0.3) is 0 Å². The first kappa shape index (κ1) is 15.6. The smallest absolute Gasteiger partial charge is 0.0985 e. The summed E-state index contributed by atoms with van der Waals surface area (Å²) in [6, 6.07) is 0.977. The van der Waals surface area contributed by atoms with Crippen molar-refractivity contribution >= 4 is 11.3 Å². The van der Waals surface area contributed by atoms with Crippen molar-refractivity contribution in [2.24, 2.45) is 0 Å². The van der Waals surface area contributed by atoms with E-state index in [-0.39, 0.29) is 5.41 Å². The summed E-state index contributed by atoms with van der Waals surface area (Å²) < 4.78 is 0. The zero-order valence-corrected chi connectivity index (χ0v) is 13.7. The molecule has 1 aromatic rings. The lowest BCUT2D eigenvalue weighted by atomic mass is 9.98. The molecule has 0 bridgehead atoms. The summed E-state index contributed by atoms with van der Waals surface area (Å²) in [5.74, 6) is 0. The van der Waals surface area contributed by atoms with Crippen molar-refractivity contribution in [1.29, 1.82) is 0 Å². The van der Waals surface area contributed by atoms with E-state index in [0.29, 0.717) is 12.1 Å². The van der Waals surface area contributed by atoms with E-state index in [1.807, 2.05) is 11.3 Å². The monoisotopic (exact) mass is 268 g/mol. The molecule has 3 heteroatoms. The topological polar surface area (TPSA) is 24.9 Å². The number of aryl methyl sites for hydroxylation is 1. The molecule has 1 rings (SSSR count). The van der Waals surface area contributed by atoms with Crippen LogP contribution in [0.1, 0.15) is 76.0 Å². The van der Waals surface area contributed by atoms with Crippen LogP contribution in [0.3, 0.4) is 0 Å². The molecule has 1 heterocycles. The first-order valence-corrected chi connectivity index (χ1v) is 7.81. The maximum absolute atomic E-state index is 4.73. The van der Waals surface area contributed by atoms with Crippen molar-refractivity contribution in [2.75, 3.05) is 0 Å². The summed E-state index contributed by atoms with van der Waals surface area (Å²) in [6.07, 6.45) is 2.46. The maximum atomic E-state index is 4.73. The number of thiazole rings is 1. The third-order valence-corrected chi connectivity index (χ3v) is 4.89. The van der Waals surface area contributed by atoms with E-state index in [2.05, 4.69) is 53.8 Å². The van der Waals surface area contributed by atoms with Crippen LogP contribution in [0, 0.1) is 6.92 Å². The van der Waals surface area contributed by atoms with Gasteiger partial charge in [0.1, 0.15) is 0 Å². The summed E-state index contributed by atoms with van der Waals surface area (Å²) in [5, 5.41) is 4.92. The molecule has 0 spiro atoms. The lowest BCUT2D eigenvalue weighted by Gasteiger charge is -2.19. The predicted molar refractivity (Wildman–Crippen MR) is 81.5 cm³/mol. The van der Waals surface area contributed by atoms with Crippen LogP contribution in [0.5, 0.6) is 0 Å². The zero-order chi connectivity index (χ0) is 13.9. The molecule has 2 unspecified atom stereocenters. The predicted octanol–water partition coefficient (Wildman–Crippen LogP) is 4.59. The summed E-state index contributed by atoms with van der Waals surface area (Å²) in [7, 11) is 0. The van der Waals surface area contributed by atoms with Gasteiger partial charge in [-0.25, -0.2) is 4.98 Å². The molecule has 0 fully saturated rings. The molecular formula is C15H28N2S. The fraction of sp³-hybridized carbons (Fsp3) is 0.800. The number of hydrogen-bond acceptors (Lipinski definition) is 3. The van der Waals surface area contributed by atoms with Gasteiger partial charge < -0.3 is 5.32 Å². The Balaban J connectivity index is 2.80. The molecule has 0 radical (unpaired) electrons. The summed E-state index contributed by atoms with van der Waals surface area (Å²) in [6.45, 7) is 15.6. The van der Waals surface area contributed by atoms with Gasteiger partial charge in [0.15, 0.2) is 0 Å². The van der Waals surface area contributed by atoms with E-state index in [1.54, 1.807) is 0 Å². The summed E-state index contributed by atoms with van der Waals surface area (Å²) >= 11 is 1.86. The highest BCUT2D eigenvalue weighted by atomic mass is 32.1. The molecule has 18 heavy (non-hydrogen) atoms. The van der Waals surface area contributed by atoms with Crippen molar-refractivity contribution in [1.82, 2.24) is 10.3 Å². The van der Waals surface area contributed by atoms with Crippen molar-refractivity contribution < 1.29 is 0 Å². The quantitative estimate of drug-likeness (QED) is 0.845. The number of aromatic nitrogens is 1. The highest BCUT2D eigenvalue weighted by Crippen LogP contribution is 2.32. The molecule has 2 atom stereocenters. The van der Waals surface area contributed by atoms with Crippen molar-refractivity contribution in [3.05, 3.63) is 15.6 Å². The molecular weight excluding hydrogens is 240 g/mol. The van der Waals surface area contributed by atoms with E-state index in [0.717, 1.165) is 0 Å². The Bertz CT molecular complexity index is 376. The van der Waals surface area contributed by atoms with E-state index in [1.165, 1.54) is 28.4 Å². The standard InChI is InChI=1S/C15H28N2S/c1-8-9-10(2)16-11(3)13-12(4)17-14(18-13)15(5,6)7/h10-11,16H,8-9H2,1-7H3. The third-order valence-electron chi connectivity index (χ3n) is 3.12. The van der Waals surface area contributed by atoms with Crippen molar-refractivity contribution in [3.63, 3.8) is 0 Å². The van der Waals surface area contributed by atoms with Gasteiger partial charge in [0.25, 0.3) is 0 Å². The van der Waals surface area contributed by atoms with Crippen LogP contribution in [0.2, 0.25) is 0 Å². The fourth-order valence-electron chi connectivity index (χ4n) is 2.15. The molecule has 0 aliphatic carbocycles. The van der Waals surface area contributed by atoms with E-state index in [9.17, 15) is 0 Å². The van der Waals surface area contributed by atoms with Gasteiger partial charge in [-0.2, -0.15) is 0 Å². The fourth-order valence-corrected chi connectivity index (χ4v) is 3.28. The molecule has 0 amide bonds. The lowest BCUT2D eigenvalue weighted by Crippen LogP contribution is -2.28. The van der Waals surface area contributed by atoms with Crippen molar-refractivity contribution in [3.8, 4) is 0 Å². The Morgan fingerprint density at radius 3 is 2.33 bits per heavy atom. The number of rotatable bonds is 5. The first-order chi connectivity index (χ1) is 8.25. The molecule has 0 saturated carbocycles. The van der Waals surface area contributed by atoms with Gasteiger partial charge >= 0.3 is 0 Å². The van der Waals surface area contributed by atoms with Crippen LogP contribution in [0.15, 0.2) is 0 Å². The first-order valence-electron chi connectivity index (χ1n) is 6.99. The average Bonchev–Trinajstić information content (AvgIpc) is 2.60. The molecule has 2 nitrogen and oxygen atoms in total. The Hall–Kier alpha value is -0.410. The molecule has 0 aliphatic heterocycles. The van der Waals surface area contributed by atoms with Gasteiger partial charge in [0.05, 0.1) is 10.7 Å². The lowest BCUT2D eigenvalue weighted by molar-refractivity contribution is 0.455. The van der Waals surface area contributed by atoms with Gasteiger partial charge in [-0.15, -0.1) is 11.3 Å². The Labute approximate surface area is 116 Å². The third kappa shape index (κ3) is 4.06. The van der Waals surface area contributed by atoms with Crippen LogP contribution >= 0.6 is 11.3 Å². The second-order valence-electron chi connectivity index (χ2n) is 6.30. The Kier molecular flexibility index (Phi) is 5.35. The van der Waals surface area contributed by atoms with Crippen LogP contribution in [-0.4, -0.2) is 11.0 Å². The normalized spacial score (nSPS) is 15.7. The Morgan fingerprint density at radius 1 is 1.28 bits per heavy atom. The maximum Gasteiger partial charge on any atom is 0.0985 e. The molecule has 104 valence electrons. The number of hydrogen-bond donors (Lipinski definition) is 1. The van der Waals surface area contributed by atoms with Crippen LogP contribution in [0.4, 0.5) is 0 Å². The summed E-state index contributed by atoms with van der Waals surface area (Å²) in [4.78, 5) is 6.13. The highest BCUT2D eigenvalue weighted by molar-refractivity contribution is 7.12. The van der Waals surface area contributed by atoms with Gasteiger partial charge in [-0.3, -0.25) is 0 Å². The SMILES string of the molecule is CCCC(C)NC(C)c1sc(C(C)(C)C)nc1C. The zero-order valence-electron chi connectivity index (χ0n) is 12.9. The molecule has 0 saturated heterocycles. The van der Waals surface area contributed by atoms with Gasteiger partial charge in [0.2, 0.25) is 0 Å². The average molecular weight is 268 g/mol. The second-order valence-corrected chi connectivity index (χ2v) is 7.33. The largest absolute Gasteiger partial charge is 0.307 e. The number of nitrogens with one attached hydrogen (secondary N) is 1. The molecule has 1 N–H and O–H groups in total. The van der Waals surface area contributed by atoms with Crippen LogP contribution < -0.4 is 5.32 Å². The minimum Gasteiger partial charge on any atom is -0.307 e. The van der Waals surface area contributed by atoms with Gasteiger partial charge in [-0.05, 0) is 27.2 Å². The minimum absolute atomic E-state index is 0.155. The number of nitrogens with zero attached hydrogens (tertiary/aromatic N) is 1. The van der Waals surface area contributed by atoms with Gasteiger partial charge in [-0.1, -0.05) is 34.1 Å². The van der Waals surface area contributed by atoms with Gasteiger partial charge in [0, 0.05) is 22.4 Å². The minimum atomic E-state index is 0.155. The summed E-state index contributed by atoms with van der Waals surface area (Å²) in [5.41, 5.74) is 1.34. The molecule has 0 aliphatic rings. The van der Waals surface area contributed by atoms with Crippen molar-refractivity contribution in [2.45, 2.75) is 78.8 Å². The van der Waals surface area contributed by atoms with E-state index >= 15 is 0 Å². The van der Waals surface area contributed by atoms with E-state index in [4.69, 9.17) is 4.98 Å². The molecule has 1 aromatic heterocycles. The molecule has 0 aromatic carbocycles. The second kappa shape index (κ2) is 6.16. The Morgan fingerprint density at radius 2 is 1.89 bits per heavy atom.